The smallest absolute Gasteiger partial charge is 0.138 e. The van der Waals surface area contributed by atoms with Crippen molar-refractivity contribution in [2.45, 2.75) is 44.8 Å². The normalized spacial score (nSPS) is 23.7. The summed E-state index contributed by atoms with van der Waals surface area (Å²) in [7, 11) is 0. The van der Waals surface area contributed by atoms with E-state index in [2.05, 4.69) is 9.97 Å². The second-order valence-electron chi connectivity index (χ2n) is 4.85. The molecule has 1 atom stereocenters. The highest BCUT2D eigenvalue weighted by molar-refractivity contribution is 6.30. The van der Waals surface area contributed by atoms with Gasteiger partial charge in [0.25, 0.3) is 0 Å². The molecule has 2 aliphatic rings. The molecule has 3 rings (SSSR count). The standard InChI is InChI=1S/C13H17ClN2O2/c14-13-10-8-17-6-4-11(10)15-12(16-13)7-9-3-1-2-5-18-9/h9H,1-8H2. The summed E-state index contributed by atoms with van der Waals surface area (Å²) >= 11 is 6.19. The minimum Gasteiger partial charge on any atom is -0.378 e. The number of nitrogens with zero attached hydrogens (tertiary/aromatic N) is 2. The van der Waals surface area contributed by atoms with Gasteiger partial charge in [-0.25, -0.2) is 9.97 Å². The Morgan fingerprint density at radius 2 is 2.17 bits per heavy atom. The van der Waals surface area contributed by atoms with Crippen molar-refractivity contribution in [3.8, 4) is 0 Å². The maximum atomic E-state index is 6.19. The Bertz CT molecular complexity index is 433. The van der Waals surface area contributed by atoms with Crippen LogP contribution in [0.2, 0.25) is 5.15 Å². The van der Waals surface area contributed by atoms with Crippen LogP contribution in [-0.2, 0) is 28.9 Å². The Labute approximate surface area is 112 Å². The van der Waals surface area contributed by atoms with Gasteiger partial charge in [-0.3, -0.25) is 0 Å². The number of ether oxygens (including phenoxy) is 2. The lowest BCUT2D eigenvalue weighted by Gasteiger charge is -2.23. The van der Waals surface area contributed by atoms with Gasteiger partial charge in [0.15, 0.2) is 0 Å². The molecule has 4 nitrogen and oxygen atoms in total. The maximum Gasteiger partial charge on any atom is 0.138 e. The summed E-state index contributed by atoms with van der Waals surface area (Å²) in [6.07, 6.45) is 5.36. The van der Waals surface area contributed by atoms with E-state index in [4.69, 9.17) is 21.1 Å². The molecule has 3 heterocycles. The van der Waals surface area contributed by atoms with Crippen LogP contribution in [-0.4, -0.2) is 29.3 Å². The molecule has 1 aromatic heterocycles. The van der Waals surface area contributed by atoms with Crippen LogP contribution in [0.25, 0.3) is 0 Å². The van der Waals surface area contributed by atoms with E-state index in [0.717, 1.165) is 49.6 Å². The zero-order valence-corrected chi connectivity index (χ0v) is 11.1. The molecule has 18 heavy (non-hydrogen) atoms. The topological polar surface area (TPSA) is 44.2 Å². The lowest BCUT2D eigenvalue weighted by atomic mass is 10.1. The lowest BCUT2D eigenvalue weighted by Crippen LogP contribution is -2.23. The monoisotopic (exact) mass is 268 g/mol. The number of rotatable bonds is 2. The molecule has 5 heteroatoms. The molecule has 1 saturated heterocycles. The predicted molar refractivity (Wildman–Crippen MR) is 67.7 cm³/mol. The molecule has 0 aromatic carbocycles. The maximum absolute atomic E-state index is 6.19. The largest absolute Gasteiger partial charge is 0.378 e. The van der Waals surface area contributed by atoms with E-state index < -0.39 is 0 Å². The first-order chi connectivity index (χ1) is 8.83. The molecule has 1 aromatic rings. The second kappa shape index (κ2) is 5.51. The minimum absolute atomic E-state index is 0.257. The molecule has 0 aliphatic carbocycles. The lowest BCUT2D eigenvalue weighted by molar-refractivity contribution is 0.0155. The molecule has 0 saturated carbocycles. The second-order valence-corrected chi connectivity index (χ2v) is 5.21. The van der Waals surface area contributed by atoms with Crippen molar-refractivity contribution in [1.29, 1.82) is 0 Å². The molecule has 0 spiro atoms. The third-order valence-electron chi connectivity index (χ3n) is 3.50. The summed E-state index contributed by atoms with van der Waals surface area (Å²) in [6.45, 7) is 2.12. The Kier molecular flexibility index (Phi) is 3.77. The first-order valence-corrected chi connectivity index (χ1v) is 6.94. The summed E-state index contributed by atoms with van der Waals surface area (Å²) in [5, 5.41) is 0.547. The highest BCUT2D eigenvalue weighted by atomic mass is 35.5. The van der Waals surface area contributed by atoms with Gasteiger partial charge in [-0.1, -0.05) is 11.6 Å². The molecular weight excluding hydrogens is 252 g/mol. The van der Waals surface area contributed by atoms with Crippen LogP contribution in [0.3, 0.4) is 0 Å². The molecule has 0 amide bonds. The van der Waals surface area contributed by atoms with E-state index in [-0.39, 0.29) is 6.10 Å². The van der Waals surface area contributed by atoms with Gasteiger partial charge in [-0.15, -0.1) is 0 Å². The summed E-state index contributed by atoms with van der Waals surface area (Å²) in [5.41, 5.74) is 2.00. The van der Waals surface area contributed by atoms with Crippen molar-refractivity contribution in [2.24, 2.45) is 0 Å². The van der Waals surface area contributed by atoms with Crippen molar-refractivity contribution in [3.63, 3.8) is 0 Å². The number of aromatic nitrogens is 2. The van der Waals surface area contributed by atoms with E-state index in [1.165, 1.54) is 12.8 Å². The Morgan fingerprint density at radius 3 is 3.00 bits per heavy atom. The molecular formula is C13H17ClN2O2. The number of hydrogen-bond acceptors (Lipinski definition) is 4. The van der Waals surface area contributed by atoms with E-state index in [1.807, 2.05) is 0 Å². The average Bonchev–Trinajstić information content (AvgIpc) is 2.40. The summed E-state index contributed by atoms with van der Waals surface area (Å²) in [6, 6.07) is 0. The first-order valence-electron chi connectivity index (χ1n) is 6.56. The quantitative estimate of drug-likeness (QED) is 0.772. The van der Waals surface area contributed by atoms with Crippen LogP contribution in [0, 0.1) is 0 Å². The van der Waals surface area contributed by atoms with Crippen LogP contribution < -0.4 is 0 Å². The fourth-order valence-electron chi connectivity index (χ4n) is 2.50. The van der Waals surface area contributed by atoms with Gasteiger partial charge in [-0.2, -0.15) is 0 Å². The zero-order chi connectivity index (χ0) is 12.4. The molecule has 1 fully saturated rings. The Hall–Kier alpha value is -0.710. The zero-order valence-electron chi connectivity index (χ0n) is 10.3. The van der Waals surface area contributed by atoms with Gasteiger partial charge < -0.3 is 9.47 Å². The van der Waals surface area contributed by atoms with Crippen molar-refractivity contribution in [1.82, 2.24) is 9.97 Å². The minimum atomic E-state index is 0.257. The van der Waals surface area contributed by atoms with Crippen LogP contribution in [0.4, 0.5) is 0 Å². The van der Waals surface area contributed by atoms with Gasteiger partial charge in [0.05, 0.1) is 25.0 Å². The Morgan fingerprint density at radius 1 is 1.22 bits per heavy atom. The Balaban J connectivity index is 1.77. The van der Waals surface area contributed by atoms with E-state index in [9.17, 15) is 0 Å². The van der Waals surface area contributed by atoms with Crippen LogP contribution >= 0.6 is 11.6 Å². The third-order valence-corrected chi connectivity index (χ3v) is 3.82. The number of fused-ring (bicyclic) bond motifs is 1. The van der Waals surface area contributed by atoms with Crippen LogP contribution in [0.15, 0.2) is 0 Å². The highest BCUT2D eigenvalue weighted by Gasteiger charge is 2.20. The van der Waals surface area contributed by atoms with E-state index >= 15 is 0 Å². The summed E-state index contributed by atoms with van der Waals surface area (Å²) in [5.74, 6) is 0.813. The van der Waals surface area contributed by atoms with Crippen molar-refractivity contribution in [3.05, 3.63) is 22.2 Å². The third kappa shape index (κ3) is 2.66. The first kappa shape index (κ1) is 12.3. The molecule has 0 radical (unpaired) electrons. The van der Waals surface area contributed by atoms with Crippen molar-refractivity contribution < 1.29 is 9.47 Å². The van der Waals surface area contributed by atoms with Crippen LogP contribution in [0.1, 0.15) is 36.3 Å². The van der Waals surface area contributed by atoms with E-state index in [0.29, 0.717) is 11.8 Å². The number of hydrogen-bond donors (Lipinski definition) is 0. The fraction of sp³-hybridized carbons (Fsp3) is 0.692. The molecule has 2 aliphatic heterocycles. The van der Waals surface area contributed by atoms with Gasteiger partial charge in [-0.05, 0) is 19.3 Å². The van der Waals surface area contributed by atoms with Gasteiger partial charge in [0, 0.05) is 25.0 Å². The van der Waals surface area contributed by atoms with Gasteiger partial charge in [0.1, 0.15) is 11.0 Å². The molecule has 98 valence electrons. The van der Waals surface area contributed by atoms with Gasteiger partial charge >= 0.3 is 0 Å². The van der Waals surface area contributed by atoms with Crippen molar-refractivity contribution >= 4 is 11.6 Å². The SMILES string of the molecule is Clc1nc(CC2CCCCO2)nc2c1COCC2. The molecule has 0 N–H and O–H groups in total. The molecule has 1 unspecified atom stereocenters. The highest BCUT2D eigenvalue weighted by Crippen LogP contribution is 2.23. The van der Waals surface area contributed by atoms with Gasteiger partial charge in [0.2, 0.25) is 0 Å². The van der Waals surface area contributed by atoms with Crippen molar-refractivity contribution in [2.75, 3.05) is 13.2 Å². The summed E-state index contributed by atoms with van der Waals surface area (Å²) < 4.78 is 11.1. The molecule has 0 bridgehead atoms. The fourth-order valence-corrected chi connectivity index (χ4v) is 2.77. The summed E-state index contributed by atoms with van der Waals surface area (Å²) in [4.78, 5) is 8.99. The number of halogens is 1. The van der Waals surface area contributed by atoms with Crippen LogP contribution in [0.5, 0.6) is 0 Å². The van der Waals surface area contributed by atoms with E-state index in [1.54, 1.807) is 0 Å². The average molecular weight is 269 g/mol. The predicted octanol–water partition coefficient (Wildman–Crippen LogP) is 2.31.